The highest BCUT2D eigenvalue weighted by molar-refractivity contribution is 5.89. The van der Waals surface area contributed by atoms with Crippen LogP contribution < -0.4 is 0 Å². The van der Waals surface area contributed by atoms with Crippen LogP contribution in [0.5, 0.6) is 0 Å². The first-order valence-corrected chi connectivity index (χ1v) is 8.16. The van der Waals surface area contributed by atoms with E-state index < -0.39 is 0 Å². The minimum absolute atomic E-state index is 0.0991. The molecule has 0 bridgehead atoms. The van der Waals surface area contributed by atoms with Gasteiger partial charge in [-0.15, -0.1) is 0 Å². The van der Waals surface area contributed by atoms with E-state index in [4.69, 9.17) is 4.74 Å². The fourth-order valence-electron chi connectivity index (χ4n) is 2.92. The molecule has 2 atom stereocenters. The Morgan fingerprint density at radius 3 is 2.59 bits per heavy atom. The number of esters is 1. The topological polar surface area (TPSA) is 49.8 Å². The second kappa shape index (κ2) is 7.75. The summed E-state index contributed by atoms with van der Waals surface area (Å²) in [5, 5.41) is 9.75. The van der Waals surface area contributed by atoms with Gasteiger partial charge in [-0.1, -0.05) is 12.1 Å². The van der Waals surface area contributed by atoms with E-state index in [1.807, 2.05) is 45.0 Å². The number of aliphatic hydroxyl groups is 1. The predicted octanol–water partition coefficient (Wildman–Crippen LogP) is 2.84. The SMILES string of the molecule is CC(C)OC(=O)c1ccc(CN2CCCC(C(C)O)C2)cc1. The third-order valence-electron chi connectivity index (χ3n) is 4.16. The molecule has 1 fully saturated rings. The van der Waals surface area contributed by atoms with Crippen LogP contribution in [-0.4, -0.2) is 41.3 Å². The van der Waals surface area contributed by atoms with Gasteiger partial charge in [0.15, 0.2) is 0 Å². The van der Waals surface area contributed by atoms with Crippen molar-refractivity contribution in [3.8, 4) is 0 Å². The summed E-state index contributed by atoms with van der Waals surface area (Å²) >= 11 is 0. The minimum Gasteiger partial charge on any atom is -0.459 e. The maximum absolute atomic E-state index is 11.8. The van der Waals surface area contributed by atoms with Crippen molar-refractivity contribution in [3.63, 3.8) is 0 Å². The van der Waals surface area contributed by atoms with E-state index in [0.717, 1.165) is 32.5 Å². The molecule has 4 heteroatoms. The van der Waals surface area contributed by atoms with Gasteiger partial charge >= 0.3 is 5.97 Å². The summed E-state index contributed by atoms with van der Waals surface area (Å²) in [5.41, 5.74) is 1.78. The highest BCUT2D eigenvalue weighted by Gasteiger charge is 2.23. The quantitative estimate of drug-likeness (QED) is 0.850. The Balaban J connectivity index is 1.92. The Morgan fingerprint density at radius 2 is 2.00 bits per heavy atom. The number of carbonyl (C=O) groups excluding carboxylic acids is 1. The van der Waals surface area contributed by atoms with Gasteiger partial charge in [-0.2, -0.15) is 0 Å². The van der Waals surface area contributed by atoms with Crippen LogP contribution in [0.2, 0.25) is 0 Å². The summed E-state index contributed by atoms with van der Waals surface area (Å²) in [7, 11) is 0. The zero-order valence-electron chi connectivity index (χ0n) is 13.8. The van der Waals surface area contributed by atoms with Crippen LogP contribution in [-0.2, 0) is 11.3 Å². The molecule has 0 amide bonds. The van der Waals surface area contributed by atoms with Gasteiger partial charge in [0.05, 0.1) is 17.8 Å². The molecule has 1 heterocycles. The summed E-state index contributed by atoms with van der Waals surface area (Å²) in [6, 6.07) is 7.64. The number of piperidine rings is 1. The zero-order chi connectivity index (χ0) is 16.1. The first-order chi connectivity index (χ1) is 10.5. The molecular formula is C18H27NO3. The lowest BCUT2D eigenvalue weighted by Gasteiger charge is -2.34. The van der Waals surface area contributed by atoms with Gasteiger partial charge in [0.1, 0.15) is 0 Å². The summed E-state index contributed by atoms with van der Waals surface area (Å²) in [4.78, 5) is 14.2. The fraction of sp³-hybridized carbons (Fsp3) is 0.611. The number of likely N-dealkylation sites (tertiary alicyclic amines) is 1. The third kappa shape index (κ3) is 4.82. The lowest BCUT2D eigenvalue weighted by atomic mass is 9.93. The van der Waals surface area contributed by atoms with Crippen LogP contribution in [0.3, 0.4) is 0 Å². The van der Waals surface area contributed by atoms with E-state index in [-0.39, 0.29) is 18.2 Å². The number of hydrogen-bond acceptors (Lipinski definition) is 4. The van der Waals surface area contributed by atoms with Gasteiger partial charge in [-0.05, 0) is 63.8 Å². The van der Waals surface area contributed by atoms with E-state index in [1.54, 1.807) is 0 Å². The number of nitrogens with zero attached hydrogens (tertiary/aromatic N) is 1. The lowest BCUT2D eigenvalue weighted by Crippen LogP contribution is -2.39. The highest BCUT2D eigenvalue weighted by Crippen LogP contribution is 2.21. The maximum Gasteiger partial charge on any atom is 0.338 e. The molecule has 2 unspecified atom stereocenters. The van der Waals surface area contributed by atoms with E-state index >= 15 is 0 Å². The molecule has 1 aromatic rings. The molecule has 1 N–H and O–H groups in total. The molecule has 1 aromatic carbocycles. The minimum atomic E-state index is -0.270. The van der Waals surface area contributed by atoms with Gasteiger partial charge in [-0.3, -0.25) is 4.90 Å². The fourth-order valence-corrected chi connectivity index (χ4v) is 2.92. The summed E-state index contributed by atoms with van der Waals surface area (Å²) in [6.07, 6.45) is 1.90. The Morgan fingerprint density at radius 1 is 1.32 bits per heavy atom. The molecule has 122 valence electrons. The lowest BCUT2D eigenvalue weighted by molar-refractivity contribution is 0.0377. The van der Waals surface area contributed by atoms with Crippen molar-refractivity contribution in [2.45, 2.75) is 52.4 Å². The summed E-state index contributed by atoms with van der Waals surface area (Å²) in [5.74, 6) is 0.0998. The maximum atomic E-state index is 11.8. The number of benzene rings is 1. The predicted molar refractivity (Wildman–Crippen MR) is 86.7 cm³/mol. The summed E-state index contributed by atoms with van der Waals surface area (Å²) < 4.78 is 5.19. The number of carbonyl (C=O) groups is 1. The average Bonchev–Trinajstić information content (AvgIpc) is 2.47. The Labute approximate surface area is 133 Å². The number of aliphatic hydroxyl groups excluding tert-OH is 1. The van der Waals surface area contributed by atoms with E-state index in [0.29, 0.717) is 11.5 Å². The monoisotopic (exact) mass is 305 g/mol. The molecule has 22 heavy (non-hydrogen) atoms. The first-order valence-electron chi connectivity index (χ1n) is 8.16. The van der Waals surface area contributed by atoms with E-state index in [1.165, 1.54) is 5.56 Å². The normalized spacial score (nSPS) is 20.9. The Kier molecular flexibility index (Phi) is 5.98. The molecule has 0 radical (unpaired) electrons. The Hall–Kier alpha value is -1.39. The average molecular weight is 305 g/mol. The van der Waals surface area contributed by atoms with E-state index in [2.05, 4.69) is 4.90 Å². The Bertz CT molecular complexity index is 482. The molecule has 0 spiro atoms. The van der Waals surface area contributed by atoms with Gasteiger partial charge in [0.25, 0.3) is 0 Å². The van der Waals surface area contributed by atoms with Gasteiger partial charge in [0, 0.05) is 13.1 Å². The second-order valence-corrected chi connectivity index (χ2v) is 6.53. The van der Waals surface area contributed by atoms with Crippen LogP contribution in [0.4, 0.5) is 0 Å². The molecule has 0 aromatic heterocycles. The van der Waals surface area contributed by atoms with Crippen molar-refractivity contribution in [1.29, 1.82) is 0 Å². The van der Waals surface area contributed by atoms with Crippen molar-refractivity contribution in [2.24, 2.45) is 5.92 Å². The smallest absolute Gasteiger partial charge is 0.338 e. The van der Waals surface area contributed by atoms with Gasteiger partial charge in [0.2, 0.25) is 0 Å². The molecule has 0 saturated carbocycles. The van der Waals surface area contributed by atoms with Crippen LogP contribution in [0.1, 0.15) is 49.5 Å². The van der Waals surface area contributed by atoms with E-state index in [9.17, 15) is 9.90 Å². The van der Waals surface area contributed by atoms with Crippen molar-refractivity contribution >= 4 is 5.97 Å². The van der Waals surface area contributed by atoms with Gasteiger partial charge in [-0.25, -0.2) is 4.79 Å². The second-order valence-electron chi connectivity index (χ2n) is 6.53. The zero-order valence-corrected chi connectivity index (χ0v) is 13.8. The highest BCUT2D eigenvalue weighted by atomic mass is 16.5. The summed E-state index contributed by atoms with van der Waals surface area (Å²) in [6.45, 7) is 8.45. The molecule has 0 aliphatic carbocycles. The number of hydrogen-bond donors (Lipinski definition) is 1. The van der Waals surface area contributed by atoms with Crippen molar-refractivity contribution in [2.75, 3.05) is 13.1 Å². The largest absolute Gasteiger partial charge is 0.459 e. The molecule has 1 aliphatic rings. The van der Waals surface area contributed by atoms with Crippen LogP contribution in [0.25, 0.3) is 0 Å². The van der Waals surface area contributed by atoms with Crippen molar-refractivity contribution in [3.05, 3.63) is 35.4 Å². The number of rotatable bonds is 5. The van der Waals surface area contributed by atoms with Crippen molar-refractivity contribution < 1.29 is 14.6 Å². The van der Waals surface area contributed by atoms with Crippen molar-refractivity contribution in [1.82, 2.24) is 4.90 Å². The molecule has 2 rings (SSSR count). The van der Waals surface area contributed by atoms with Gasteiger partial charge < -0.3 is 9.84 Å². The number of ether oxygens (including phenoxy) is 1. The molecular weight excluding hydrogens is 278 g/mol. The molecule has 1 aliphatic heterocycles. The van der Waals surface area contributed by atoms with Crippen LogP contribution >= 0.6 is 0 Å². The third-order valence-corrected chi connectivity index (χ3v) is 4.16. The first kappa shape index (κ1) is 17.0. The van der Waals surface area contributed by atoms with Crippen LogP contribution in [0, 0.1) is 5.92 Å². The van der Waals surface area contributed by atoms with Crippen LogP contribution in [0.15, 0.2) is 24.3 Å². The standard InChI is InChI=1S/C18H27NO3/c1-13(2)22-18(21)16-8-6-15(7-9-16)11-19-10-4-5-17(12-19)14(3)20/h6-9,13-14,17,20H,4-5,10-12H2,1-3H3. The molecule has 4 nitrogen and oxygen atoms in total. The molecule has 1 saturated heterocycles.